The van der Waals surface area contributed by atoms with Crippen LogP contribution in [0.2, 0.25) is 0 Å². The average Bonchev–Trinajstić information content (AvgIpc) is 2.36. The molecule has 1 aromatic carbocycles. The van der Waals surface area contributed by atoms with Crippen molar-refractivity contribution in [1.29, 1.82) is 0 Å². The summed E-state index contributed by atoms with van der Waals surface area (Å²) in [5.74, 6) is -0.104. The van der Waals surface area contributed by atoms with Crippen molar-refractivity contribution in [2.75, 3.05) is 13.7 Å². The van der Waals surface area contributed by atoms with Gasteiger partial charge in [-0.15, -0.1) is 0 Å². The molecule has 4 heteroatoms. The van der Waals surface area contributed by atoms with Crippen LogP contribution in [0.15, 0.2) is 12.1 Å². The van der Waals surface area contributed by atoms with E-state index in [-0.39, 0.29) is 17.6 Å². The van der Waals surface area contributed by atoms with E-state index in [9.17, 15) is 9.50 Å². The van der Waals surface area contributed by atoms with E-state index in [0.29, 0.717) is 17.7 Å². The van der Waals surface area contributed by atoms with E-state index in [2.05, 4.69) is 5.32 Å². The van der Waals surface area contributed by atoms with E-state index in [1.54, 1.807) is 0 Å². The molecule has 0 aliphatic carbocycles. The number of benzene rings is 1. The van der Waals surface area contributed by atoms with Crippen LogP contribution in [0.5, 0.6) is 11.5 Å². The lowest BCUT2D eigenvalue weighted by molar-refractivity contribution is 0.356. The zero-order valence-corrected chi connectivity index (χ0v) is 10.0. The molecule has 1 aliphatic rings. The first-order chi connectivity index (χ1) is 8.22. The first-order valence-corrected chi connectivity index (χ1v) is 6.00. The number of phenols is 1. The van der Waals surface area contributed by atoms with Crippen LogP contribution in [0.25, 0.3) is 0 Å². The molecular weight excluding hydrogens is 221 g/mol. The van der Waals surface area contributed by atoms with Crippen LogP contribution in [0.3, 0.4) is 0 Å². The highest BCUT2D eigenvalue weighted by Gasteiger charge is 2.19. The lowest BCUT2D eigenvalue weighted by atomic mass is 9.97. The molecular formula is C13H18FNO2. The van der Waals surface area contributed by atoms with Gasteiger partial charge in [0.2, 0.25) is 0 Å². The Balaban J connectivity index is 2.18. The highest BCUT2D eigenvalue weighted by atomic mass is 19.1. The Hall–Kier alpha value is -1.29. The van der Waals surface area contributed by atoms with Crippen LogP contribution in [0, 0.1) is 5.82 Å². The molecule has 1 aliphatic heterocycles. The molecule has 1 atom stereocenters. The van der Waals surface area contributed by atoms with Gasteiger partial charge in [-0.2, -0.15) is 0 Å². The van der Waals surface area contributed by atoms with E-state index in [1.807, 2.05) is 0 Å². The smallest absolute Gasteiger partial charge is 0.163 e. The number of hydrogen-bond donors (Lipinski definition) is 2. The SMILES string of the molecule is COc1ccc(F)c(CC2CCCCN2)c1O. The zero-order chi connectivity index (χ0) is 12.3. The summed E-state index contributed by atoms with van der Waals surface area (Å²) in [7, 11) is 1.47. The first-order valence-electron chi connectivity index (χ1n) is 6.00. The Bertz CT molecular complexity index is 389. The minimum atomic E-state index is -0.365. The fourth-order valence-electron chi connectivity index (χ4n) is 2.29. The molecule has 1 aromatic rings. The molecule has 2 N–H and O–H groups in total. The Kier molecular flexibility index (Phi) is 3.84. The topological polar surface area (TPSA) is 41.5 Å². The Morgan fingerprint density at radius 1 is 1.47 bits per heavy atom. The molecule has 0 bridgehead atoms. The molecule has 0 amide bonds. The molecule has 1 heterocycles. The van der Waals surface area contributed by atoms with Gasteiger partial charge in [0.15, 0.2) is 11.5 Å². The summed E-state index contributed by atoms with van der Waals surface area (Å²) < 4.78 is 18.7. The molecule has 1 fully saturated rings. The standard InChI is InChI=1S/C13H18FNO2/c1-17-12-6-5-11(14)10(13(12)16)8-9-4-2-3-7-15-9/h5-6,9,15-16H,2-4,7-8H2,1H3. The number of hydrogen-bond acceptors (Lipinski definition) is 3. The lowest BCUT2D eigenvalue weighted by Gasteiger charge is -2.24. The minimum absolute atomic E-state index is 0.0696. The van der Waals surface area contributed by atoms with Crippen molar-refractivity contribution >= 4 is 0 Å². The fraction of sp³-hybridized carbons (Fsp3) is 0.538. The molecule has 0 aromatic heterocycles. The second-order valence-corrected chi connectivity index (χ2v) is 4.43. The Morgan fingerprint density at radius 2 is 2.29 bits per heavy atom. The summed E-state index contributed by atoms with van der Waals surface area (Å²) in [6.45, 7) is 0.969. The van der Waals surface area contributed by atoms with Crippen molar-refractivity contribution in [3.63, 3.8) is 0 Å². The van der Waals surface area contributed by atoms with Gasteiger partial charge in [0.1, 0.15) is 5.82 Å². The molecule has 94 valence electrons. The molecule has 0 radical (unpaired) electrons. The number of rotatable bonds is 3. The Labute approximate surface area is 101 Å². The van der Waals surface area contributed by atoms with Crippen LogP contribution < -0.4 is 10.1 Å². The number of methoxy groups -OCH3 is 1. The van der Waals surface area contributed by atoms with Gasteiger partial charge in [-0.25, -0.2) is 4.39 Å². The maximum Gasteiger partial charge on any atom is 0.163 e. The summed E-state index contributed by atoms with van der Waals surface area (Å²) in [4.78, 5) is 0. The van der Waals surface area contributed by atoms with Gasteiger partial charge < -0.3 is 15.2 Å². The highest BCUT2D eigenvalue weighted by Crippen LogP contribution is 2.33. The van der Waals surface area contributed by atoms with E-state index < -0.39 is 0 Å². The molecule has 1 unspecified atom stereocenters. The van der Waals surface area contributed by atoms with Gasteiger partial charge in [0.25, 0.3) is 0 Å². The number of ether oxygens (including phenoxy) is 1. The molecule has 0 spiro atoms. The minimum Gasteiger partial charge on any atom is -0.504 e. The lowest BCUT2D eigenvalue weighted by Crippen LogP contribution is -2.35. The summed E-state index contributed by atoms with van der Waals surface area (Å²) >= 11 is 0. The van der Waals surface area contributed by atoms with E-state index in [0.717, 1.165) is 19.4 Å². The first kappa shape index (κ1) is 12.2. The molecule has 0 saturated carbocycles. The average molecular weight is 239 g/mol. The van der Waals surface area contributed by atoms with Gasteiger partial charge in [-0.3, -0.25) is 0 Å². The summed E-state index contributed by atoms with van der Waals surface area (Å²) in [6.07, 6.45) is 3.86. The summed E-state index contributed by atoms with van der Waals surface area (Å²) in [5.41, 5.74) is 0.351. The molecule has 17 heavy (non-hydrogen) atoms. The van der Waals surface area contributed by atoms with Crippen LogP contribution in [0.4, 0.5) is 4.39 Å². The predicted octanol–water partition coefficient (Wildman–Crippen LogP) is 2.22. The van der Waals surface area contributed by atoms with Crippen LogP contribution in [0.1, 0.15) is 24.8 Å². The summed E-state index contributed by atoms with van der Waals surface area (Å²) in [6, 6.07) is 3.04. The van der Waals surface area contributed by atoms with Crippen LogP contribution >= 0.6 is 0 Å². The third-order valence-corrected chi connectivity index (χ3v) is 3.27. The monoisotopic (exact) mass is 239 g/mol. The second kappa shape index (κ2) is 5.36. The number of halogens is 1. The second-order valence-electron chi connectivity index (χ2n) is 4.43. The maximum absolute atomic E-state index is 13.7. The van der Waals surface area contributed by atoms with Crippen molar-refractivity contribution in [3.05, 3.63) is 23.5 Å². The molecule has 2 rings (SSSR count). The highest BCUT2D eigenvalue weighted by molar-refractivity contribution is 5.46. The quantitative estimate of drug-likeness (QED) is 0.850. The van der Waals surface area contributed by atoms with E-state index in [4.69, 9.17) is 4.74 Å². The molecule has 3 nitrogen and oxygen atoms in total. The number of nitrogens with one attached hydrogen (secondary N) is 1. The fourth-order valence-corrected chi connectivity index (χ4v) is 2.29. The normalized spacial score (nSPS) is 20.2. The largest absolute Gasteiger partial charge is 0.504 e. The molecule has 1 saturated heterocycles. The number of piperidine rings is 1. The van der Waals surface area contributed by atoms with Crippen LogP contribution in [-0.4, -0.2) is 24.8 Å². The van der Waals surface area contributed by atoms with Gasteiger partial charge in [-0.1, -0.05) is 6.42 Å². The Morgan fingerprint density at radius 3 is 2.94 bits per heavy atom. The van der Waals surface area contributed by atoms with Gasteiger partial charge >= 0.3 is 0 Å². The van der Waals surface area contributed by atoms with Crippen molar-refractivity contribution in [3.8, 4) is 11.5 Å². The predicted molar refractivity (Wildman–Crippen MR) is 64.0 cm³/mol. The van der Waals surface area contributed by atoms with E-state index in [1.165, 1.54) is 25.7 Å². The van der Waals surface area contributed by atoms with Crippen molar-refractivity contribution in [1.82, 2.24) is 5.32 Å². The van der Waals surface area contributed by atoms with Crippen molar-refractivity contribution < 1.29 is 14.2 Å². The van der Waals surface area contributed by atoms with E-state index >= 15 is 0 Å². The van der Waals surface area contributed by atoms with Gasteiger partial charge in [0, 0.05) is 11.6 Å². The summed E-state index contributed by atoms with van der Waals surface area (Å²) in [5, 5.41) is 13.2. The van der Waals surface area contributed by atoms with Gasteiger partial charge in [0.05, 0.1) is 7.11 Å². The zero-order valence-electron chi connectivity index (χ0n) is 10.0. The van der Waals surface area contributed by atoms with Crippen molar-refractivity contribution in [2.45, 2.75) is 31.7 Å². The maximum atomic E-state index is 13.7. The number of phenolic OH excluding ortho intramolecular Hbond substituents is 1. The van der Waals surface area contributed by atoms with Crippen LogP contribution in [-0.2, 0) is 6.42 Å². The third-order valence-electron chi connectivity index (χ3n) is 3.27. The number of aromatic hydroxyl groups is 1. The van der Waals surface area contributed by atoms with Gasteiger partial charge in [-0.05, 0) is 37.9 Å². The third kappa shape index (κ3) is 2.69. The van der Waals surface area contributed by atoms with Crippen molar-refractivity contribution in [2.24, 2.45) is 0 Å².